The Balaban J connectivity index is 1.44. The molecule has 178 valence electrons. The monoisotopic (exact) mass is 456 g/mol. The summed E-state index contributed by atoms with van der Waals surface area (Å²) < 4.78 is 27.1. The molecule has 0 bridgehead atoms. The number of halogens is 1. The van der Waals surface area contributed by atoms with E-state index in [1.54, 1.807) is 6.07 Å². The number of likely N-dealkylation sites (tertiary alicyclic amines) is 1. The van der Waals surface area contributed by atoms with Crippen molar-refractivity contribution in [3.05, 3.63) is 41.0 Å². The van der Waals surface area contributed by atoms with Gasteiger partial charge in [-0.1, -0.05) is 0 Å². The number of rotatable bonds is 2. The highest BCUT2D eigenvalue weighted by atomic mass is 19.1. The van der Waals surface area contributed by atoms with Gasteiger partial charge in [-0.25, -0.2) is 13.9 Å². The molecular weight excluding hydrogens is 423 g/mol. The summed E-state index contributed by atoms with van der Waals surface area (Å²) in [7, 11) is 0. The van der Waals surface area contributed by atoms with E-state index in [9.17, 15) is 9.18 Å². The second-order valence-electron chi connectivity index (χ2n) is 10.2. The summed E-state index contributed by atoms with van der Waals surface area (Å²) in [5.41, 5.74) is 5.03. The summed E-state index contributed by atoms with van der Waals surface area (Å²) in [6, 6.07) is 4.99. The van der Waals surface area contributed by atoms with E-state index >= 15 is 0 Å². The van der Waals surface area contributed by atoms with Crippen molar-refractivity contribution < 1.29 is 18.7 Å². The van der Waals surface area contributed by atoms with Crippen LogP contribution in [0.15, 0.2) is 18.2 Å². The molecule has 8 heteroatoms. The number of morpholine rings is 1. The zero-order chi connectivity index (χ0) is 23.2. The summed E-state index contributed by atoms with van der Waals surface area (Å²) in [5.74, 6) is 0.0658. The number of amides is 1. The molecule has 0 atom stereocenters. The second-order valence-corrected chi connectivity index (χ2v) is 10.2. The van der Waals surface area contributed by atoms with Gasteiger partial charge in [0, 0.05) is 32.1 Å². The number of aromatic nitrogens is 2. The lowest BCUT2D eigenvalue weighted by Crippen LogP contribution is -2.42. The fourth-order valence-electron chi connectivity index (χ4n) is 5.17. The van der Waals surface area contributed by atoms with Crippen LogP contribution >= 0.6 is 0 Å². The number of carbonyl (C=O) groups excluding carboxylic acids is 1. The Bertz CT molecular complexity index is 1030. The van der Waals surface area contributed by atoms with Gasteiger partial charge >= 0.3 is 6.09 Å². The molecule has 0 spiro atoms. The number of fused-ring (bicyclic) bond motifs is 3. The molecule has 0 saturated carbocycles. The van der Waals surface area contributed by atoms with Crippen LogP contribution in [-0.4, -0.2) is 65.8 Å². The van der Waals surface area contributed by atoms with E-state index in [0.29, 0.717) is 26.3 Å². The molecule has 33 heavy (non-hydrogen) atoms. The maximum atomic E-state index is 13.8. The van der Waals surface area contributed by atoms with Crippen LogP contribution in [0.3, 0.4) is 0 Å². The number of benzene rings is 1. The molecule has 1 aromatic heterocycles. The number of anilines is 1. The molecule has 0 aliphatic carbocycles. The first kappa shape index (κ1) is 22.2. The summed E-state index contributed by atoms with van der Waals surface area (Å²) in [6.07, 6.45) is 3.11. The Morgan fingerprint density at radius 1 is 1.12 bits per heavy atom. The van der Waals surface area contributed by atoms with Gasteiger partial charge in [-0.2, -0.15) is 5.10 Å². The summed E-state index contributed by atoms with van der Waals surface area (Å²) >= 11 is 0. The molecule has 3 aliphatic heterocycles. The molecule has 0 radical (unpaired) electrons. The minimum absolute atomic E-state index is 0.201. The third-order valence-electron chi connectivity index (χ3n) is 6.74. The number of ether oxygens (including phenoxy) is 2. The SMILES string of the molecule is CC(C)(C)OC(=O)N1CCC(c2nn3c(c2N2CCOCC2)CCc2cc(F)ccc2-3)CC1. The number of carbonyl (C=O) groups is 1. The average molecular weight is 457 g/mol. The average Bonchev–Trinajstić information content (AvgIpc) is 3.18. The largest absolute Gasteiger partial charge is 0.444 e. The molecular formula is C25H33FN4O3. The van der Waals surface area contributed by atoms with Crippen molar-refractivity contribution in [3.8, 4) is 5.69 Å². The van der Waals surface area contributed by atoms with E-state index in [1.807, 2.05) is 36.4 Å². The van der Waals surface area contributed by atoms with Crippen molar-refractivity contribution in [2.24, 2.45) is 0 Å². The van der Waals surface area contributed by atoms with Gasteiger partial charge in [0.2, 0.25) is 0 Å². The Morgan fingerprint density at radius 2 is 1.85 bits per heavy atom. The highest BCUT2D eigenvalue weighted by Gasteiger charge is 2.34. The van der Waals surface area contributed by atoms with Gasteiger partial charge in [0.05, 0.1) is 36.0 Å². The van der Waals surface area contributed by atoms with E-state index in [2.05, 4.69) is 4.90 Å². The molecule has 0 N–H and O–H groups in total. The zero-order valence-electron chi connectivity index (χ0n) is 19.8. The molecule has 2 fully saturated rings. The molecule has 1 aromatic carbocycles. The van der Waals surface area contributed by atoms with Crippen LogP contribution in [0.5, 0.6) is 0 Å². The standard InChI is InChI=1S/C25H33FN4O3/c1-25(2,3)33-24(31)29-10-8-17(9-11-29)22-23(28-12-14-32-15-13-28)21-6-4-18-16-19(26)5-7-20(18)30(21)27-22/h5,7,16-17H,4,6,8-15H2,1-3H3. The number of nitrogens with zero attached hydrogens (tertiary/aromatic N) is 4. The van der Waals surface area contributed by atoms with Crippen LogP contribution in [0.25, 0.3) is 5.69 Å². The maximum Gasteiger partial charge on any atom is 0.410 e. The van der Waals surface area contributed by atoms with Gasteiger partial charge in [-0.15, -0.1) is 0 Å². The highest BCUT2D eigenvalue weighted by Crippen LogP contribution is 2.40. The van der Waals surface area contributed by atoms with Crippen molar-refractivity contribution in [1.29, 1.82) is 0 Å². The summed E-state index contributed by atoms with van der Waals surface area (Å²) in [5, 5.41) is 5.13. The van der Waals surface area contributed by atoms with Gasteiger partial charge < -0.3 is 19.3 Å². The van der Waals surface area contributed by atoms with Gasteiger partial charge in [0.25, 0.3) is 0 Å². The van der Waals surface area contributed by atoms with Crippen LogP contribution in [0.2, 0.25) is 0 Å². The van der Waals surface area contributed by atoms with Crippen molar-refractivity contribution in [2.75, 3.05) is 44.3 Å². The molecule has 7 nitrogen and oxygen atoms in total. The Morgan fingerprint density at radius 3 is 2.55 bits per heavy atom. The van der Waals surface area contributed by atoms with Crippen molar-refractivity contribution in [2.45, 2.75) is 58.0 Å². The van der Waals surface area contributed by atoms with Gasteiger partial charge in [-0.3, -0.25) is 0 Å². The topological polar surface area (TPSA) is 59.8 Å². The number of aryl methyl sites for hydroxylation is 1. The molecule has 1 amide bonds. The van der Waals surface area contributed by atoms with Crippen LogP contribution < -0.4 is 4.90 Å². The van der Waals surface area contributed by atoms with E-state index in [0.717, 1.165) is 55.7 Å². The predicted octanol–water partition coefficient (Wildman–Crippen LogP) is 4.06. The highest BCUT2D eigenvalue weighted by molar-refractivity contribution is 5.68. The van der Waals surface area contributed by atoms with E-state index in [-0.39, 0.29) is 17.8 Å². The van der Waals surface area contributed by atoms with Crippen molar-refractivity contribution >= 4 is 11.8 Å². The van der Waals surface area contributed by atoms with E-state index < -0.39 is 5.60 Å². The van der Waals surface area contributed by atoms with E-state index in [4.69, 9.17) is 14.6 Å². The number of piperidine rings is 1. The molecule has 4 heterocycles. The van der Waals surface area contributed by atoms with Crippen LogP contribution in [0.4, 0.5) is 14.9 Å². The molecule has 2 saturated heterocycles. The molecule has 2 aromatic rings. The summed E-state index contributed by atoms with van der Waals surface area (Å²) in [6.45, 7) is 10.1. The van der Waals surface area contributed by atoms with Crippen LogP contribution in [0, 0.1) is 5.82 Å². The summed E-state index contributed by atoms with van der Waals surface area (Å²) in [4.78, 5) is 16.7. The van der Waals surface area contributed by atoms with Gasteiger partial charge in [0.1, 0.15) is 11.4 Å². The minimum atomic E-state index is -0.493. The first-order valence-electron chi connectivity index (χ1n) is 12.0. The second kappa shape index (κ2) is 8.63. The first-order chi connectivity index (χ1) is 15.8. The number of hydrogen-bond donors (Lipinski definition) is 0. The van der Waals surface area contributed by atoms with Gasteiger partial charge in [-0.05, 0) is 70.2 Å². The Hall–Kier alpha value is -2.61. The minimum Gasteiger partial charge on any atom is -0.444 e. The fraction of sp³-hybridized carbons (Fsp3) is 0.600. The lowest BCUT2D eigenvalue weighted by Gasteiger charge is -2.35. The predicted molar refractivity (Wildman–Crippen MR) is 124 cm³/mol. The quantitative estimate of drug-likeness (QED) is 0.682. The molecule has 5 rings (SSSR count). The third kappa shape index (κ3) is 4.45. The van der Waals surface area contributed by atoms with Crippen LogP contribution in [0.1, 0.15) is 56.5 Å². The molecule has 0 unspecified atom stereocenters. The van der Waals surface area contributed by atoms with Crippen molar-refractivity contribution in [3.63, 3.8) is 0 Å². The number of hydrogen-bond acceptors (Lipinski definition) is 5. The lowest BCUT2D eigenvalue weighted by molar-refractivity contribution is 0.0204. The van der Waals surface area contributed by atoms with Crippen LogP contribution in [-0.2, 0) is 22.3 Å². The third-order valence-corrected chi connectivity index (χ3v) is 6.74. The van der Waals surface area contributed by atoms with Crippen molar-refractivity contribution in [1.82, 2.24) is 14.7 Å². The smallest absolute Gasteiger partial charge is 0.410 e. The zero-order valence-corrected chi connectivity index (χ0v) is 19.8. The normalized spacial score (nSPS) is 19.3. The maximum absolute atomic E-state index is 13.8. The van der Waals surface area contributed by atoms with E-state index in [1.165, 1.54) is 17.4 Å². The molecule has 3 aliphatic rings. The Kier molecular flexibility index (Phi) is 5.80. The Labute approximate surface area is 194 Å². The fourth-order valence-corrected chi connectivity index (χ4v) is 5.17. The lowest BCUT2D eigenvalue weighted by atomic mass is 9.91. The van der Waals surface area contributed by atoms with Gasteiger partial charge in [0.15, 0.2) is 0 Å². The first-order valence-corrected chi connectivity index (χ1v) is 12.0.